The highest BCUT2D eigenvalue weighted by molar-refractivity contribution is 6.37. The average Bonchev–Trinajstić information content (AvgIpc) is 2.24. The predicted molar refractivity (Wildman–Crippen MR) is 69.0 cm³/mol. The second kappa shape index (κ2) is 4.72. The van der Waals surface area contributed by atoms with Gasteiger partial charge >= 0.3 is 0 Å². The fraction of sp³-hybridized carbons (Fsp3) is 0.500. The van der Waals surface area contributed by atoms with Gasteiger partial charge in [-0.25, -0.2) is 0 Å². The van der Waals surface area contributed by atoms with Crippen molar-refractivity contribution in [3.05, 3.63) is 21.7 Å². The van der Waals surface area contributed by atoms with Gasteiger partial charge in [0.1, 0.15) is 5.75 Å². The largest absolute Gasteiger partial charge is 0.489 e. The van der Waals surface area contributed by atoms with Crippen LogP contribution in [0.1, 0.15) is 25.8 Å². The SMILES string of the molecule is CC(C)Oc1c(Cl)cc(Cl)c2c1CCCN2. The van der Waals surface area contributed by atoms with Crippen molar-refractivity contribution in [2.45, 2.75) is 32.8 Å². The molecule has 0 saturated carbocycles. The van der Waals surface area contributed by atoms with Gasteiger partial charge in [-0.2, -0.15) is 0 Å². The highest BCUT2D eigenvalue weighted by atomic mass is 35.5. The molecular weight excluding hydrogens is 245 g/mol. The summed E-state index contributed by atoms with van der Waals surface area (Å²) in [5, 5.41) is 4.58. The zero-order valence-electron chi connectivity index (χ0n) is 9.44. The Morgan fingerprint density at radius 3 is 2.75 bits per heavy atom. The van der Waals surface area contributed by atoms with Gasteiger partial charge in [-0.3, -0.25) is 0 Å². The number of benzene rings is 1. The summed E-state index contributed by atoms with van der Waals surface area (Å²) >= 11 is 12.3. The van der Waals surface area contributed by atoms with Gasteiger partial charge in [-0.15, -0.1) is 0 Å². The molecule has 1 heterocycles. The third-order valence-corrected chi connectivity index (χ3v) is 3.12. The Hall–Kier alpha value is -0.600. The van der Waals surface area contributed by atoms with Gasteiger partial charge < -0.3 is 10.1 Å². The van der Waals surface area contributed by atoms with Gasteiger partial charge in [0.05, 0.1) is 21.8 Å². The molecule has 0 fully saturated rings. The van der Waals surface area contributed by atoms with Gasteiger partial charge in [0, 0.05) is 12.1 Å². The average molecular weight is 260 g/mol. The molecule has 0 amide bonds. The van der Waals surface area contributed by atoms with Crippen molar-refractivity contribution in [1.29, 1.82) is 0 Å². The van der Waals surface area contributed by atoms with Gasteiger partial charge in [-0.05, 0) is 32.8 Å². The molecule has 4 heteroatoms. The second-order valence-corrected chi connectivity index (χ2v) is 5.03. The van der Waals surface area contributed by atoms with Crippen LogP contribution >= 0.6 is 23.2 Å². The molecule has 0 unspecified atom stereocenters. The number of halogens is 2. The lowest BCUT2D eigenvalue weighted by atomic mass is 10.0. The summed E-state index contributed by atoms with van der Waals surface area (Å²) < 4.78 is 5.77. The molecule has 0 bridgehead atoms. The number of ether oxygens (including phenoxy) is 1. The fourth-order valence-corrected chi connectivity index (χ4v) is 2.54. The molecule has 1 aliphatic heterocycles. The number of fused-ring (bicyclic) bond motifs is 1. The van der Waals surface area contributed by atoms with Crippen molar-refractivity contribution in [3.63, 3.8) is 0 Å². The normalized spacial score (nSPS) is 14.6. The Balaban J connectivity index is 2.50. The van der Waals surface area contributed by atoms with Crippen molar-refractivity contribution >= 4 is 28.9 Å². The van der Waals surface area contributed by atoms with E-state index in [1.807, 2.05) is 13.8 Å². The first kappa shape index (κ1) is 11.9. The Kier molecular flexibility index (Phi) is 3.50. The maximum Gasteiger partial charge on any atom is 0.143 e. The van der Waals surface area contributed by atoms with E-state index in [9.17, 15) is 0 Å². The maximum atomic E-state index is 6.17. The topological polar surface area (TPSA) is 21.3 Å². The van der Waals surface area contributed by atoms with E-state index in [0.717, 1.165) is 36.4 Å². The van der Waals surface area contributed by atoms with Crippen LogP contribution < -0.4 is 10.1 Å². The minimum atomic E-state index is 0.115. The first-order valence-corrected chi connectivity index (χ1v) is 6.26. The quantitative estimate of drug-likeness (QED) is 0.862. The molecule has 1 aromatic rings. The smallest absolute Gasteiger partial charge is 0.143 e. The molecule has 1 aliphatic rings. The van der Waals surface area contributed by atoms with Crippen LogP contribution in [0.4, 0.5) is 5.69 Å². The minimum absolute atomic E-state index is 0.115. The van der Waals surface area contributed by atoms with Crippen LogP contribution in [-0.2, 0) is 6.42 Å². The highest BCUT2D eigenvalue weighted by Gasteiger charge is 2.20. The lowest BCUT2D eigenvalue weighted by Crippen LogP contribution is -2.15. The third kappa shape index (κ3) is 2.23. The van der Waals surface area contributed by atoms with E-state index in [1.54, 1.807) is 6.07 Å². The Morgan fingerprint density at radius 2 is 2.06 bits per heavy atom. The molecule has 2 nitrogen and oxygen atoms in total. The van der Waals surface area contributed by atoms with Crippen LogP contribution in [-0.4, -0.2) is 12.6 Å². The number of nitrogens with one attached hydrogen (secondary N) is 1. The molecule has 0 radical (unpaired) electrons. The molecule has 2 rings (SSSR count). The summed E-state index contributed by atoms with van der Waals surface area (Å²) in [5.41, 5.74) is 2.09. The standard InChI is InChI=1S/C12H15Cl2NO/c1-7(2)16-12-8-4-3-5-15-11(8)9(13)6-10(12)14/h6-7,15H,3-5H2,1-2H3. The van der Waals surface area contributed by atoms with E-state index < -0.39 is 0 Å². The molecule has 88 valence electrons. The van der Waals surface area contributed by atoms with Gasteiger partial charge in [0.2, 0.25) is 0 Å². The van der Waals surface area contributed by atoms with Gasteiger partial charge in [0.25, 0.3) is 0 Å². The Bertz CT molecular complexity index is 404. The van der Waals surface area contributed by atoms with Crippen molar-refractivity contribution in [2.24, 2.45) is 0 Å². The summed E-state index contributed by atoms with van der Waals surface area (Å²) in [5.74, 6) is 0.781. The lowest BCUT2D eigenvalue weighted by molar-refractivity contribution is 0.240. The van der Waals surface area contributed by atoms with Crippen LogP contribution in [0.15, 0.2) is 6.07 Å². The van der Waals surface area contributed by atoms with Crippen molar-refractivity contribution in [2.75, 3.05) is 11.9 Å². The Morgan fingerprint density at radius 1 is 1.31 bits per heavy atom. The number of anilines is 1. The molecule has 0 atom stereocenters. The van der Waals surface area contributed by atoms with Crippen molar-refractivity contribution in [1.82, 2.24) is 0 Å². The molecular formula is C12H15Cl2NO. The lowest BCUT2D eigenvalue weighted by Gasteiger charge is -2.24. The molecule has 0 aromatic heterocycles. The van der Waals surface area contributed by atoms with Crippen LogP contribution in [0.3, 0.4) is 0 Å². The summed E-state index contributed by atoms with van der Waals surface area (Å²) in [6, 6.07) is 1.75. The Labute approximate surface area is 106 Å². The minimum Gasteiger partial charge on any atom is -0.489 e. The molecule has 0 aliphatic carbocycles. The number of hydrogen-bond acceptors (Lipinski definition) is 2. The van der Waals surface area contributed by atoms with E-state index >= 15 is 0 Å². The zero-order valence-corrected chi connectivity index (χ0v) is 11.0. The first-order valence-electron chi connectivity index (χ1n) is 5.51. The van der Waals surface area contributed by atoms with E-state index in [4.69, 9.17) is 27.9 Å². The summed E-state index contributed by atoms with van der Waals surface area (Å²) in [6.07, 6.45) is 2.16. The van der Waals surface area contributed by atoms with E-state index in [1.165, 1.54) is 0 Å². The fourth-order valence-electron chi connectivity index (χ4n) is 1.92. The number of hydrogen-bond donors (Lipinski definition) is 1. The molecule has 1 N–H and O–H groups in total. The predicted octanol–water partition coefficient (Wildman–Crippen LogP) is 4.14. The monoisotopic (exact) mass is 259 g/mol. The molecule has 16 heavy (non-hydrogen) atoms. The van der Waals surface area contributed by atoms with Crippen LogP contribution in [0.25, 0.3) is 0 Å². The summed E-state index contributed by atoms with van der Waals surface area (Å²) in [4.78, 5) is 0. The van der Waals surface area contributed by atoms with Crippen molar-refractivity contribution < 1.29 is 4.74 Å². The second-order valence-electron chi connectivity index (χ2n) is 4.22. The molecule has 0 saturated heterocycles. The van der Waals surface area contributed by atoms with E-state index in [2.05, 4.69) is 5.32 Å². The zero-order chi connectivity index (χ0) is 11.7. The third-order valence-electron chi connectivity index (χ3n) is 2.54. The van der Waals surface area contributed by atoms with Crippen LogP contribution in [0.2, 0.25) is 10.0 Å². The maximum absolute atomic E-state index is 6.17. The van der Waals surface area contributed by atoms with E-state index in [-0.39, 0.29) is 6.10 Å². The van der Waals surface area contributed by atoms with Gasteiger partial charge in [0.15, 0.2) is 0 Å². The molecule has 0 spiro atoms. The van der Waals surface area contributed by atoms with Crippen LogP contribution in [0, 0.1) is 0 Å². The van der Waals surface area contributed by atoms with Crippen LogP contribution in [0.5, 0.6) is 5.75 Å². The molecule has 1 aromatic carbocycles. The summed E-state index contributed by atoms with van der Waals surface area (Å²) in [7, 11) is 0. The highest BCUT2D eigenvalue weighted by Crippen LogP contribution is 2.42. The van der Waals surface area contributed by atoms with Gasteiger partial charge in [-0.1, -0.05) is 23.2 Å². The number of rotatable bonds is 2. The van der Waals surface area contributed by atoms with Crippen molar-refractivity contribution in [3.8, 4) is 5.75 Å². The first-order chi connectivity index (χ1) is 7.59. The van der Waals surface area contributed by atoms with E-state index in [0.29, 0.717) is 10.0 Å². The summed E-state index contributed by atoms with van der Waals surface area (Å²) in [6.45, 7) is 4.94.